The van der Waals surface area contributed by atoms with Gasteiger partial charge in [0.05, 0.1) is 5.69 Å². The van der Waals surface area contributed by atoms with Crippen LogP contribution in [0.3, 0.4) is 0 Å². The zero-order chi connectivity index (χ0) is 13.7. The second-order valence-electron chi connectivity index (χ2n) is 4.04. The second kappa shape index (κ2) is 6.18. The van der Waals surface area contributed by atoms with Gasteiger partial charge in [-0.2, -0.15) is 0 Å². The first-order valence-electron chi connectivity index (χ1n) is 6.02. The van der Waals surface area contributed by atoms with Crippen LogP contribution in [0, 0.1) is 6.92 Å². The van der Waals surface area contributed by atoms with E-state index in [0.29, 0.717) is 18.8 Å². The van der Waals surface area contributed by atoms with E-state index in [4.69, 9.17) is 4.52 Å². The summed E-state index contributed by atoms with van der Waals surface area (Å²) in [5, 5.41) is 6.22. The molecule has 0 aliphatic carbocycles. The van der Waals surface area contributed by atoms with E-state index in [-0.39, 0.29) is 11.7 Å². The molecule has 1 aromatic rings. The lowest BCUT2D eigenvalue weighted by molar-refractivity contribution is -0.132. The van der Waals surface area contributed by atoms with Gasteiger partial charge in [0.1, 0.15) is 6.04 Å². The number of hydrogen-bond acceptors (Lipinski definition) is 4. The molecule has 0 aromatic carbocycles. The van der Waals surface area contributed by atoms with Crippen molar-refractivity contribution in [2.75, 3.05) is 13.1 Å². The monoisotopic (exact) mass is 253 g/mol. The summed E-state index contributed by atoms with van der Waals surface area (Å²) in [6.07, 6.45) is 0. The molecule has 0 aliphatic heterocycles. The minimum atomic E-state index is -0.581. The van der Waals surface area contributed by atoms with Gasteiger partial charge in [0, 0.05) is 19.2 Å². The zero-order valence-electron chi connectivity index (χ0n) is 11.2. The van der Waals surface area contributed by atoms with E-state index in [1.54, 1.807) is 18.7 Å². The summed E-state index contributed by atoms with van der Waals surface area (Å²) in [4.78, 5) is 25.4. The molecule has 0 aliphatic rings. The summed E-state index contributed by atoms with van der Waals surface area (Å²) >= 11 is 0. The molecule has 0 radical (unpaired) electrons. The fourth-order valence-corrected chi connectivity index (χ4v) is 1.61. The maximum Gasteiger partial charge on any atom is 0.290 e. The summed E-state index contributed by atoms with van der Waals surface area (Å²) in [6.45, 7) is 8.42. The summed E-state index contributed by atoms with van der Waals surface area (Å²) in [7, 11) is 0. The zero-order valence-corrected chi connectivity index (χ0v) is 11.2. The number of nitrogens with zero attached hydrogens (tertiary/aromatic N) is 2. The van der Waals surface area contributed by atoms with Crippen molar-refractivity contribution < 1.29 is 14.1 Å². The molecule has 1 N–H and O–H groups in total. The highest BCUT2D eigenvalue weighted by atomic mass is 16.5. The van der Waals surface area contributed by atoms with Crippen LogP contribution in [0.4, 0.5) is 0 Å². The highest BCUT2D eigenvalue weighted by Crippen LogP contribution is 2.03. The Balaban J connectivity index is 2.62. The van der Waals surface area contributed by atoms with Gasteiger partial charge in [-0.25, -0.2) is 0 Å². The standard InChI is InChI=1S/C12H19N3O3/c1-5-15(6-2)12(17)9(4)13-11(16)10-7-8(3)14-18-10/h7,9H,5-6H2,1-4H3,(H,13,16)/t9-/m1/s1. The van der Waals surface area contributed by atoms with Gasteiger partial charge in [-0.3, -0.25) is 9.59 Å². The number of aromatic nitrogens is 1. The van der Waals surface area contributed by atoms with Gasteiger partial charge in [0.2, 0.25) is 11.7 Å². The van der Waals surface area contributed by atoms with Gasteiger partial charge in [-0.05, 0) is 27.7 Å². The number of nitrogens with one attached hydrogen (secondary N) is 1. The molecule has 0 saturated heterocycles. The second-order valence-corrected chi connectivity index (χ2v) is 4.04. The minimum Gasteiger partial charge on any atom is -0.351 e. The Morgan fingerprint density at radius 1 is 1.44 bits per heavy atom. The molecule has 2 amide bonds. The van der Waals surface area contributed by atoms with Crippen LogP contribution in [0.5, 0.6) is 0 Å². The minimum absolute atomic E-state index is 0.107. The summed E-state index contributed by atoms with van der Waals surface area (Å²) in [5.41, 5.74) is 0.628. The number of carbonyl (C=O) groups excluding carboxylic acids is 2. The Bertz CT molecular complexity index is 424. The SMILES string of the molecule is CCN(CC)C(=O)[C@@H](C)NC(=O)c1cc(C)no1. The van der Waals surface area contributed by atoms with E-state index in [1.807, 2.05) is 13.8 Å². The first-order chi connectivity index (χ1) is 8.49. The van der Waals surface area contributed by atoms with Crippen molar-refractivity contribution in [2.24, 2.45) is 0 Å². The van der Waals surface area contributed by atoms with Crippen LogP contribution in [0.15, 0.2) is 10.6 Å². The smallest absolute Gasteiger partial charge is 0.290 e. The molecule has 0 bridgehead atoms. The van der Waals surface area contributed by atoms with Gasteiger partial charge in [0.15, 0.2) is 0 Å². The van der Waals surface area contributed by atoms with Crippen LogP contribution < -0.4 is 5.32 Å². The number of rotatable bonds is 5. The molecule has 0 unspecified atom stereocenters. The average molecular weight is 253 g/mol. The molecule has 0 fully saturated rings. The van der Waals surface area contributed by atoms with Crippen LogP contribution in [-0.4, -0.2) is 41.0 Å². The summed E-state index contributed by atoms with van der Waals surface area (Å²) in [5.74, 6) is -0.417. The van der Waals surface area contributed by atoms with E-state index in [9.17, 15) is 9.59 Å². The number of hydrogen-bond donors (Lipinski definition) is 1. The van der Waals surface area contributed by atoms with Crippen molar-refractivity contribution in [2.45, 2.75) is 33.7 Å². The molecule has 6 heteroatoms. The maximum atomic E-state index is 11.9. The maximum absolute atomic E-state index is 11.9. The van der Waals surface area contributed by atoms with Crippen molar-refractivity contribution in [3.8, 4) is 0 Å². The molecule has 6 nitrogen and oxygen atoms in total. The Kier molecular flexibility index (Phi) is 4.88. The number of carbonyl (C=O) groups is 2. The third kappa shape index (κ3) is 3.32. The highest BCUT2D eigenvalue weighted by Gasteiger charge is 2.22. The lowest BCUT2D eigenvalue weighted by Gasteiger charge is -2.23. The molecule has 1 heterocycles. The lowest BCUT2D eigenvalue weighted by atomic mass is 10.2. The Morgan fingerprint density at radius 3 is 2.50 bits per heavy atom. The van der Waals surface area contributed by atoms with Crippen molar-refractivity contribution in [1.29, 1.82) is 0 Å². The predicted molar refractivity (Wildman–Crippen MR) is 66.1 cm³/mol. The molecule has 1 atom stereocenters. The van der Waals surface area contributed by atoms with Gasteiger partial charge >= 0.3 is 0 Å². The van der Waals surface area contributed by atoms with Gasteiger partial charge in [0.25, 0.3) is 5.91 Å². The van der Waals surface area contributed by atoms with Crippen molar-refractivity contribution in [3.05, 3.63) is 17.5 Å². The van der Waals surface area contributed by atoms with Crippen LogP contribution in [-0.2, 0) is 4.79 Å². The van der Waals surface area contributed by atoms with Crippen molar-refractivity contribution in [3.63, 3.8) is 0 Å². The van der Waals surface area contributed by atoms with Crippen LogP contribution >= 0.6 is 0 Å². The third-order valence-corrected chi connectivity index (χ3v) is 2.64. The number of amides is 2. The Labute approximate surface area is 106 Å². The quantitative estimate of drug-likeness (QED) is 0.848. The fourth-order valence-electron chi connectivity index (χ4n) is 1.61. The van der Waals surface area contributed by atoms with Crippen molar-refractivity contribution >= 4 is 11.8 Å². The van der Waals surface area contributed by atoms with Gasteiger partial charge in [-0.1, -0.05) is 5.16 Å². The fraction of sp³-hybridized carbons (Fsp3) is 0.583. The first kappa shape index (κ1) is 14.2. The number of likely N-dealkylation sites (N-methyl/N-ethyl adjacent to an activating group) is 1. The Morgan fingerprint density at radius 2 is 2.06 bits per heavy atom. The van der Waals surface area contributed by atoms with Gasteiger partial charge in [-0.15, -0.1) is 0 Å². The molecule has 1 aromatic heterocycles. The summed E-state index contributed by atoms with van der Waals surface area (Å²) in [6, 6.07) is 0.951. The average Bonchev–Trinajstić information content (AvgIpc) is 2.77. The van der Waals surface area contributed by atoms with E-state index in [2.05, 4.69) is 10.5 Å². The van der Waals surface area contributed by atoms with E-state index < -0.39 is 11.9 Å². The molecule has 0 saturated carbocycles. The predicted octanol–water partition coefficient (Wildman–Crippen LogP) is 0.970. The van der Waals surface area contributed by atoms with Crippen LogP contribution in [0.2, 0.25) is 0 Å². The first-order valence-corrected chi connectivity index (χ1v) is 6.02. The normalized spacial score (nSPS) is 12.0. The van der Waals surface area contributed by atoms with E-state index in [1.165, 1.54) is 6.07 Å². The largest absolute Gasteiger partial charge is 0.351 e. The third-order valence-electron chi connectivity index (χ3n) is 2.64. The van der Waals surface area contributed by atoms with Gasteiger partial charge < -0.3 is 14.7 Å². The molecular formula is C12H19N3O3. The van der Waals surface area contributed by atoms with E-state index >= 15 is 0 Å². The highest BCUT2D eigenvalue weighted by molar-refractivity contribution is 5.95. The van der Waals surface area contributed by atoms with Crippen LogP contribution in [0.1, 0.15) is 37.0 Å². The lowest BCUT2D eigenvalue weighted by Crippen LogP contribution is -2.46. The molecule has 18 heavy (non-hydrogen) atoms. The number of aryl methyl sites for hydroxylation is 1. The van der Waals surface area contributed by atoms with Crippen molar-refractivity contribution in [1.82, 2.24) is 15.4 Å². The Hall–Kier alpha value is -1.85. The molecule has 100 valence electrons. The molecule has 1 rings (SSSR count). The topological polar surface area (TPSA) is 75.4 Å². The van der Waals surface area contributed by atoms with E-state index in [0.717, 1.165) is 0 Å². The molecule has 0 spiro atoms. The molecular weight excluding hydrogens is 234 g/mol. The summed E-state index contributed by atoms with van der Waals surface area (Å²) < 4.78 is 4.83. The van der Waals surface area contributed by atoms with Crippen LogP contribution in [0.25, 0.3) is 0 Å².